The van der Waals surface area contributed by atoms with Crippen LogP contribution in [0.5, 0.6) is 5.75 Å². The molecule has 0 saturated carbocycles. The first-order valence-corrected chi connectivity index (χ1v) is 9.00. The highest BCUT2D eigenvalue weighted by molar-refractivity contribution is 9.10. The van der Waals surface area contributed by atoms with Crippen LogP contribution < -0.4 is 15.0 Å². The van der Waals surface area contributed by atoms with Crippen LogP contribution in [-0.4, -0.2) is 31.0 Å². The third kappa shape index (κ3) is 3.85. The van der Waals surface area contributed by atoms with Gasteiger partial charge in [-0.05, 0) is 42.8 Å². The van der Waals surface area contributed by atoms with Crippen LogP contribution in [0.1, 0.15) is 23.7 Å². The Morgan fingerprint density at radius 1 is 1.20 bits per heavy atom. The van der Waals surface area contributed by atoms with Gasteiger partial charge >= 0.3 is 0 Å². The molecule has 2 amide bonds. The minimum atomic E-state index is -0.721. The maximum Gasteiger partial charge on any atom is 0.262 e. The molecule has 130 valence electrons. The van der Waals surface area contributed by atoms with Gasteiger partial charge in [-0.3, -0.25) is 9.59 Å². The van der Waals surface area contributed by atoms with Gasteiger partial charge in [0.2, 0.25) is 0 Å². The van der Waals surface area contributed by atoms with E-state index in [2.05, 4.69) is 21.2 Å². The fourth-order valence-electron chi connectivity index (χ4n) is 2.67. The SMILES string of the molecule is CCCNC(=O)[C@H]1CN(C(=O)c2ccc(Br)cc2)c2ccccc2O1. The van der Waals surface area contributed by atoms with E-state index < -0.39 is 6.10 Å². The summed E-state index contributed by atoms with van der Waals surface area (Å²) in [6, 6.07) is 14.4. The zero-order valence-corrected chi connectivity index (χ0v) is 15.5. The maximum absolute atomic E-state index is 13.0. The zero-order valence-electron chi connectivity index (χ0n) is 13.9. The number of carbonyl (C=O) groups excluding carboxylic acids is 2. The minimum absolute atomic E-state index is 0.156. The summed E-state index contributed by atoms with van der Waals surface area (Å²) >= 11 is 3.37. The van der Waals surface area contributed by atoms with Gasteiger partial charge < -0.3 is 15.0 Å². The van der Waals surface area contributed by atoms with Gasteiger partial charge in [0.05, 0.1) is 12.2 Å². The Bertz CT molecular complexity index is 776. The van der Waals surface area contributed by atoms with Crippen molar-refractivity contribution in [3.63, 3.8) is 0 Å². The molecule has 3 rings (SSSR count). The van der Waals surface area contributed by atoms with Crippen LogP contribution in [0.15, 0.2) is 53.0 Å². The van der Waals surface area contributed by atoms with Gasteiger partial charge in [-0.1, -0.05) is 35.0 Å². The summed E-state index contributed by atoms with van der Waals surface area (Å²) in [5, 5.41) is 2.83. The lowest BCUT2D eigenvalue weighted by Gasteiger charge is -2.34. The number of amides is 2. The smallest absolute Gasteiger partial charge is 0.262 e. The van der Waals surface area contributed by atoms with Gasteiger partial charge in [-0.2, -0.15) is 0 Å². The first-order chi connectivity index (χ1) is 12.1. The zero-order chi connectivity index (χ0) is 17.8. The van der Waals surface area contributed by atoms with Crippen LogP contribution in [-0.2, 0) is 4.79 Å². The Kier molecular flexibility index (Phi) is 5.38. The Labute approximate surface area is 155 Å². The highest BCUT2D eigenvalue weighted by Crippen LogP contribution is 2.34. The number of nitrogens with one attached hydrogen (secondary N) is 1. The van der Waals surface area contributed by atoms with Crippen molar-refractivity contribution in [3.05, 3.63) is 58.6 Å². The molecule has 6 heteroatoms. The minimum Gasteiger partial charge on any atom is -0.477 e. The lowest BCUT2D eigenvalue weighted by Crippen LogP contribution is -2.50. The van der Waals surface area contributed by atoms with E-state index in [4.69, 9.17) is 4.74 Å². The average molecular weight is 403 g/mol. The number of benzene rings is 2. The second-order valence-corrected chi connectivity index (χ2v) is 6.70. The predicted octanol–water partition coefficient (Wildman–Crippen LogP) is 3.38. The van der Waals surface area contributed by atoms with E-state index in [1.807, 2.05) is 37.3 Å². The Morgan fingerprint density at radius 2 is 1.92 bits per heavy atom. The number of nitrogens with zero attached hydrogens (tertiary/aromatic N) is 1. The van der Waals surface area contributed by atoms with Crippen molar-refractivity contribution < 1.29 is 14.3 Å². The third-order valence-electron chi connectivity index (χ3n) is 3.95. The molecule has 0 unspecified atom stereocenters. The predicted molar refractivity (Wildman–Crippen MR) is 100.0 cm³/mol. The van der Waals surface area contributed by atoms with Crippen LogP contribution >= 0.6 is 15.9 Å². The summed E-state index contributed by atoms with van der Waals surface area (Å²) in [6.45, 7) is 2.75. The number of para-hydroxylation sites is 2. The van der Waals surface area contributed by atoms with E-state index in [0.29, 0.717) is 23.5 Å². The van der Waals surface area contributed by atoms with Gasteiger partial charge in [0.1, 0.15) is 5.75 Å². The van der Waals surface area contributed by atoms with E-state index in [0.717, 1.165) is 10.9 Å². The normalized spacial score (nSPS) is 15.9. The highest BCUT2D eigenvalue weighted by Gasteiger charge is 2.33. The largest absolute Gasteiger partial charge is 0.477 e. The number of anilines is 1. The van der Waals surface area contributed by atoms with E-state index in [1.165, 1.54) is 0 Å². The summed E-state index contributed by atoms with van der Waals surface area (Å²) in [6.07, 6.45) is 0.122. The molecule has 1 heterocycles. The fraction of sp³-hybridized carbons (Fsp3) is 0.263. The van der Waals surface area contributed by atoms with Gasteiger partial charge in [-0.15, -0.1) is 0 Å². The first-order valence-electron chi connectivity index (χ1n) is 8.21. The fourth-order valence-corrected chi connectivity index (χ4v) is 2.94. The second kappa shape index (κ2) is 7.70. The van der Waals surface area contributed by atoms with Crippen LogP contribution in [0.2, 0.25) is 0 Å². The molecule has 0 aromatic heterocycles. The Morgan fingerprint density at radius 3 is 2.64 bits per heavy atom. The van der Waals surface area contributed by atoms with Crippen molar-refractivity contribution in [1.29, 1.82) is 0 Å². The molecule has 0 bridgehead atoms. The van der Waals surface area contributed by atoms with E-state index in [-0.39, 0.29) is 18.4 Å². The highest BCUT2D eigenvalue weighted by atomic mass is 79.9. The van der Waals surface area contributed by atoms with Gasteiger partial charge in [0, 0.05) is 16.6 Å². The molecular formula is C19H19BrN2O3. The molecule has 2 aromatic carbocycles. The number of carbonyl (C=O) groups is 2. The summed E-state index contributed by atoms with van der Waals surface area (Å²) in [5.74, 6) is 0.178. The van der Waals surface area contributed by atoms with Crippen molar-refractivity contribution in [2.24, 2.45) is 0 Å². The lowest BCUT2D eigenvalue weighted by molar-refractivity contribution is -0.127. The van der Waals surface area contributed by atoms with E-state index >= 15 is 0 Å². The van der Waals surface area contributed by atoms with Crippen LogP contribution in [0.25, 0.3) is 0 Å². The quantitative estimate of drug-likeness (QED) is 0.852. The molecule has 0 spiro atoms. The van der Waals surface area contributed by atoms with E-state index in [9.17, 15) is 9.59 Å². The standard InChI is InChI=1S/C19H19BrN2O3/c1-2-11-21-18(23)17-12-22(15-5-3-4-6-16(15)25-17)19(24)13-7-9-14(20)10-8-13/h3-10,17H,2,11-12H2,1H3,(H,21,23)/t17-/m1/s1. The van der Waals surface area contributed by atoms with E-state index in [1.54, 1.807) is 23.1 Å². The summed E-state index contributed by atoms with van der Waals surface area (Å²) in [4.78, 5) is 26.9. The molecule has 0 radical (unpaired) electrons. The van der Waals surface area contributed by atoms with Crippen molar-refractivity contribution in [1.82, 2.24) is 5.32 Å². The van der Waals surface area contributed by atoms with Gasteiger partial charge in [-0.25, -0.2) is 0 Å². The average Bonchev–Trinajstić information content (AvgIpc) is 2.65. The number of ether oxygens (including phenoxy) is 1. The van der Waals surface area contributed by atoms with Crippen LogP contribution in [0, 0.1) is 0 Å². The third-order valence-corrected chi connectivity index (χ3v) is 4.48. The number of fused-ring (bicyclic) bond motifs is 1. The monoisotopic (exact) mass is 402 g/mol. The lowest BCUT2D eigenvalue weighted by atomic mass is 10.1. The summed E-state index contributed by atoms with van der Waals surface area (Å²) in [7, 11) is 0. The molecule has 0 fully saturated rings. The molecule has 1 aliphatic rings. The number of hydrogen-bond donors (Lipinski definition) is 1. The van der Waals surface area contributed by atoms with Gasteiger partial charge in [0.15, 0.2) is 6.10 Å². The van der Waals surface area contributed by atoms with Crippen molar-refractivity contribution in [2.45, 2.75) is 19.4 Å². The molecular weight excluding hydrogens is 384 g/mol. The Balaban J connectivity index is 1.89. The molecule has 1 N–H and O–H groups in total. The van der Waals surface area contributed by atoms with Crippen LogP contribution in [0.3, 0.4) is 0 Å². The van der Waals surface area contributed by atoms with Crippen LogP contribution in [0.4, 0.5) is 5.69 Å². The molecule has 1 aliphatic heterocycles. The topological polar surface area (TPSA) is 58.6 Å². The maximum atomic E-state index is 13.0. The molecule has 5 nitrogen and oxygen atoms in total. The number of hydrogen-bond acceptors (Lipinski definition) is 3. The molecule has 0 aliphatic carbocycles. The van der Waals surface area contributed by atoms with Gasteiger partial charge in [0.25, 0.3) is 11.8 Å². The molecule has 1 atom stereocenters. The van der Waals surface area contributed by atoms with Crippen molar-refractivity contribution in [2.75, 3.05) is 18.0 Å². The summed E-state index contributed by atoms with van der Waals surface area (Å²) in [5.41, 5.74) is 1.24. The van der Waals surface area contributed by atoms with Crippen molar-refractivity contribution >= 4 is 33.4 Å². The number of halogens is 1. The molecule has 2 aromatic rings. The second-order valence-electron chi connectivity index (χ2n) is 5.79. The molecule has 25 heavy (non-hydrogen) atoms. The first kappa shape index (κ1) is 17.5. The molecule has 0 saturated heterocycles. The van der Waals surface area contributed by atoms with Crippen molar-refractivity contribution in [3.8, 4) is 5.75 Å². The number of rotatable bonds is 4. The Hall–Kier alpha value is -2.34. The summed E-state index contributed by atoms with van der Waals surface area (Å²) < 4.78 is 6.72.